The van der Waals surface area contributed by atoms with Gasteiger partial charge in [-0.15, -0.1) is 0 Å². The summed E-state index contributed by atoms with van der Waals surface area (Å²) in [5.74, 6) is -0.142. The van der Waals surface area contributed by atoms with Crippen LogP contribution in [-0.2, 0) is 6.54 Å². The third-order valence-electron chi connectivity index (χ3n) is 3.99. The molecule has 7 heteroatoms. The lowest BCUT2D eigenvalue weighted by molar-refractivity contribution is 0.0903. The van der Waals surface area contributed by atoms with Crippen LogP contribution in [0.15, 0.2) is 24.5 Å². The number of H-pyrrole nitrogens is 1. The molecule has 2 aromatic heterocycles. The van der Waals surface area contributed by atoms with Gasteiger partial charge in [-0.1, -0.05) is 6.07 Å². The Morgan fingerprint density at radius 1 is 1.41 bits per heavy atom. The molecule has 0 radical (unpaired) electrons. The fraction of sp³-hybridized carbons (Fsp3) is 0.467. The van der Waals surface area contributed by atoms with E-state index in [9.17, 15) is 4.79 Å². The Bertz CT molecular complexity index is 618. The molecule has 1 aliphatic heterocycles. The number of nitrogens with zero attached hydrogens (tertiary/aromatic N) is 4. The average molecular weight is 300 g/mol. The van der Waals surface area contributed by atoms with E-state index in [2.05, 4.69) is 36.7 Å². The van der Waals surface area contributed by atoms with E-state index in [1.165, 1.54) is 5.56 Å². The van der Waals surface area contributed by atoms with E-state index in [4.69, 9.17) is 0 Å². The molecule has 0 aliphatic carbocycles. The van der Waals surface area contributed by atoms with Crippen LogP contribution in [0.2, 0.25) is 0 Å². The van der Waals surface area contributed by atoms with Crippen LogP contribution >= 0.6 is 0 Å². The maximum Gasteiger partial charge on any atom is 0.273 e. The van der Waals surface area contributed by atoms with Crippen molar-refractivity contribution in [3.63, 3.8) is 0 Å². The molecule has 2 N–H and O–H groups in total. The van der Waals surface area contributed by atoms with Crippen LogP contribution < -0.4 is 5.32 Å². The van der Waals surface area contributed by atoms with Crippen LogP contribution in [-0.4, -0.2) is 50.3 Å². The second kappa shape index (κ2) is 6.65. The van der Waals surface area contributed by atoms with Gasteiger partial charge in [-0.25, -0.2) is 0 Å². The van der Waals surface area contributed by atoms with Crippen molar-refractivity contribution in [3.8, 4) is 0 Å². The van der Waals surface area contributed by atoms with Crippen LogP contribution in [0.4, 0.5) is 0 Å². The molecule has 116 valence electrons. The van der Waals surface area contributed by atoms with Gasteiger partial charge < -0.3 is 5.32 Å². The monoisotopic (exact) mass is 300 g/mol. The highest BCUT2D eigenvalue weighted by Crippen LogP contribution is 2.14. The van der Waals surface area contributed by atoms with Gasteiger partial charge in [0.1, 0.15) is 0 Å². The summed E-state index contributed by atoms with van der Waals surface area (Å²) in [5, 5.41) is 13.3. The highest BCUT2D eigenvalue weighted by atomic mass is 16.2. The van der Waals surface area contributed by atoms with Crippen LogP contribution in [0.3, 0.4) is 0 Å². The van der Waals surface area contributed by atoms with Crippen molar-refractivity contribution in [1.82, 2.24) is 30.6 Å². The molecular weight excluding hydrogens is 280 g/mol. The minimum absolute atomic E-state index is 0.142. The molecule has 1 fully saturated rings. The predicted octanol–water partition coefficient (Wildman–Crippen LogP) is 0.903. The molecule has 3 rings (SSSR count). The van der Waals surface area contributed by atoms with Crippen LogP contribution in [0.1, 0.15) is 34.6 Å². The van der Waals surface area contributed by atoms with Gasteiger partial charge >= 0.3 is 0 Å². The van der Waals surface area contributed by atoms with E-state index in [1.54, 1.807) is 13.1 Å². The minimum atomic E-state index is -0.142. The lowest BCUT2D eigenvalue weighted by atomic mass is 10.0. The molecule has 3 heterocycles. The summed E-state index contributed by atoms with van der Waals surface area (Å²) in [7, 11) is 0. The number of aromatic amines is 1. The van der Waals surface area contributed by atoms with Crippen molar-refractivity contribution in [3.05, 3.63) is 41.5 Å². The maximum atomic E-state index is 12.1. The second-order valence-electron chi connectivity index (χ2n) is 5.64. The van der Waals surface area contributed by atoms with E-state index in [-0.39, 0.29) is 11.9 Å². The molecule has 0 unspecified atom stereocenters. The van der Waals surface area contributed by atoms with E-state index in [0.717, 1.165) is 32.5 Å². The summed E-state index contributed by atoms with van der Waals surface area (Å²) >= 11 is 0. The Morgan fingerprint density at radius 3 is 2.86 bits per heavy atom. The molecule has 0 atom stereocenters. The number of amides is 1. The molecule has 2 aromatic rings. The number of aryl methyl sites for hydroxylation is 1. The van der Waals surface area contributed by atoms with Crippen molar-refractivity contribution >= 4 is 5.91 Å². The number of likely N-dealkylation sites (tertiary alicyclic amines) is 1. The van der Waals surface area contributed by atoms with Crippen LogP contribution in [0.5, 0.6) is 0 Å². The number of carbonyl (C=O) groups is 1. The number of nitrogens with one attached hydrogen (secondary N) is 2. The van der Waals surface area contributed by atoms with Crippen molar-refractivity contribution in [2.45, 2.75) is 32.4 Å². The first-order valence-corrected chi connectivity index (χ1v) is 7.52. The summed E-state index contributed by atoms with van der Waals surface area (Å²) in [6.07, 6.45) is 5.59. The zero-order valence-electron chi connectivity index (χ0n) is 12.6. The Morgan fingerprint density at radius 2 is 2.23 bits per heavy atom. The Hall–Kier alpha value is -2.28. The quantitative estimate of drug-likeness (QED) is 0.876. The maximum absolute atomic E-state index is 12.1. The summed E-state index contributed by atoms with van der Waals surface area (Å²) in [5.41, 5.74) is 2.24. The summed E-state index contributed by atoms with van der Waals surface area (Å²) < 4.78 is 0. The number of carbonyl (C=O) groups excluding carboxylic acids is 1. The highest BCUT2D eigenvalue weighted by molar-refractivity contribution is 5.93. The number of piperidine rings is 1. The molecular formula is C15H20N6O. The van der Waals surface area contributed by atoms with Gasteiger partial charge in [-0.3, -0.25) is 14.7 Å². The molecule has 22 heavy (non-hydrogen) atoms. The first-order valence-electron chi connectivity index (χ1n) is 7.52. The summed E-state index contributed by atoms with van der Waals surface area (Å²) in [6, 6.07) is 4.25. The van der Waals surface area contributed by atoms with Crippen molar-refractivity contribution in [1.29, 1.82) is 0 Å². The molecule has 0 saturated carbocycles. The predicted molar refractivity (Wildman–Crippen MR) is 81.1 cm³/mol. The Kier molecular flexibility index (Phi) is 4.43. The molecule has 1 amide bonds. The largest absolute Gasteiger partial charge is 0.348 e. The van der Waals surface area contributed by atoms with E-state index in [0.29, 0.717) is 11.4 Å². The normalized spacial score (nSPS) is 16.6. The molecule has 1 aliphatic rings. The highest BCUT2D eigenvalue weighted by Gasteiger charge is 2.22. The smallest absolute Gasteiger partial charge is 0.273 e. The SMILES string of the molecule is Cc1n[nH]nc1C(=O)NC1CCN(Cc2cccnc2)CC1. The topological polar surface area (TPSA) is 86.8 Å². The number of hydrogen-bond acceptors (Lipinski definition) is 5. The van der Waals surface area contributed by atoms with Gasteiger partial charge in [0.15, 0.2) is 5.69 Å². The number of aromatic nitrogens is 4. The van der Waals surface area contributed by atoms with Gasteiger partial charge in [0.2, 0.25) is 0 Å². The third-order valence-corrected chi connectivity index (χ3v) is 3.99. The van der Waals surface area contributed by atoms with Crippen molar-refractivity contribution in [2.24, 2.45) is 0 Å². The summed E-state index contributed by atoms with van der Waals surface area (Å²) in [4.78, 5) is 18.6. The lowest BCUT2D eigenvalue weighted by Crippen LogP contribution is -2.44. The molecule has 0 spiro atoms. The number of rotatable bonds is 4. The van der Waals surface area contributed by atoms with E-state index >= 15 is 0 Å². The van der Waals surface area contributed by atoms with Crippen LogP contribution in [0.25, 0.3) is 0 Å². The second-order valence-corrected chi connectivity index (χ2v) is 5.64. The summed E-state index contributed by atoms with van der Waals surface area (Å²) in [6.45, 7) is 4.63. The van der Waals surface area contributed by atoms with Gasteiger partial charge in [0.05, 0.1) is 5.69 Å². The zero-order valence-corrected chi connectivity index (χ0v) is 12.6. The number of pyridine rings is 1. The third kappa shape index (κ3) is 3.48. The van der Waals surface area contributed by atoms with Crippen LogP contribution in [0, 0.1) is 6.92 Å². The number of hydrogen-bond donors (Lipinski definition) is 2. The zero-order chi connectivity index (χ0) is 15.4. The lowest BCUT2D eigenvalue weighted by Gasteiger charge is -2.32. The van der Waals surface area contributed by atoms with Gasteiger partial charge in [-0.2, -0.15) is 15.4 Å². The minimum Gasteiger partial charge on any atom is -0.348 e. The van der Waals surface area contributed by atoms with Crippen molar-refractivity contribution < 1.29 is 4.79 Å². The molecule has 7 nitrogen and oxygen atoms in total. The molecule has 0 bridgehead atoms. The molecule has 1 saturated heterocycles. The standard InChI is InChI=1S/C15H20N6O/c1-11-14(19-20-18-11)15(22)17-13-4-7-21(8-5-13)10-12-3-2-6-16-9-12/h2-3,6,9,13H,4-5,7-8,10H2,1H3,(H,17,22)(H,18,19,20). The fourth-order valence-electron chi connectivity index (χ4n) is 2.74. The van der Waals surface area contributed by atoms with E-state index in [1.807, 2.05) is 12.3 Å². The van der Waals surface area contributed by atoms with Gasteiger partial charge in [-0.05, 0) is 31.4 Å². The average Bonchev–Trinajstić information content (AvgIpc) is 2.96. The first kappa shape index (κ1) is 14.6. The Balaban J connectivity index is 1.48. The van der Waals surface area contributed by atoms with Gasteiger partial charge in [0, 0.05) is 38.1 Å². The van der Waals surface area contributed by atoms with Gasteiger partial charge in [0.25, 0.3) is 5.91 Å². The Labute approximate surface area is 129 Å². The first-order chi connectivity index (χ1) is 10.7. The fourth-order valence-corrected chi connectivity index (χ4v) is 2.74. The molecule has 0 aromatic carbocycles. The van der Waals surface area contributed by atoms with Crippen molar-refractivity contribution in [2.75, 3.05) is 13.1 Å². The van der Waals surface area contributed by atoms with E-state index < -0.39 is 0 Å².